The summed E-state index contributed by atoms with van der Waals surface area (Å²) in [6.07, 6.45) is 5.44. The second-order valence-electron chi connectivity index (χ2n) is 9.01. The number of carbonyl (C=O) groups is 2. The molecule has 10 nitrogen and oxygen atoms in total. The smallest absolute Gasteiger partial charge is 0.341 e. The van der Waals surface area contributed by atoms with Gasteiger partial charge in [0, 0.05) is 29.2 Å². The molecule has 39 heavy (non-hydrogen) atoms. The van der Waals surface area contributed by atoms with Crippen molar-refractivity contribution in [3.05, 3.63) is 66.4 Å². The molecule has 0 unspecified atom stereocenters. The molecular weight excluding hydrogens is 561 g/mol. The first-order chi connectivity index (χ1) is 18.9. The molecular formula is C26H26N4O6S3. The molecule has 13 heteroatoms. The van der Waals surface area contributed by atoms with E-state index in [4.69, 9.17) is 4.74 Å². The van der Waals surface area contributed by atoms with Gasteiger partial charge in [-0.05, 0) is 50.3 Å². The number of aromatic nitrogens is 2. The number of nitro benzene ring substituents is 1. The molecule has 5 rings (SSSR count). The van der Waals surface area contributed by atoms with E-state index in [0.717, 1.165) is 60.1 Å². The Morgan fingerprint density at radius 1 is 1.18 bits per heavy atom. The number of aryl methyl sites for hydroxylation is 2. The van der Waals surface area contributed by atoms with Gasteiger partial charge in [-0.25, -0.2) is 9.78 Å². The second kappa shape index (κ2) is 11.9. The highest BCUT2D eigenvalue weighted by atomic mass is 32.2. The Morgan fingerprint density at radius 2 is 1.95 bits per heavy atom. The molecule has 0 fully saturated rings. The molecule has 2 aliphatic rings. The number of benzene rings is 1. The molecule has 1 N–H and O–H groups in total. The minimum atomic E-state index is -0.502. The molecule has 2 aromatic heterocycles. The fourth-order valence-electron chi connectivity index (χ4n) is 4.68. The van der Waals surface area contributed by atoms with Gasteiger partial charge in [0.15, 0.2) is 5.16 Å². The van der Waals surface area contributed by atoms with Crippen molar-refractivity contribution in [2.45, 2.75) is 55.5 Å². The maximum Gasteiger partial charge on any atom is 0.341 e. The minimum Gasteiger partial charge on any atom is -0.462 e. The SMILES string of the molecule is CCOC(=O)c1c(NC(=O)CSc2nc3c(c(=O)n2-c2ccc([N+](=O)[O-])cc2)SCC3)sc2c1CCCCC2. The van der Waals surface area contributed by atoms with Crippen LogP contribution in [0.1, 0.15) is 52.7 Å². The van der Waals surface area contributed by atoms with Crippen LogP contribution in [0.5, 0.6) is 0 Å². The lowest BCUT2D eigenvalue weighted by atomic mass is 10.1. The molecule has 0 radical (unpaired) electrons. The van der Waals surface area contributed by atoms with Crippen molar-refractivity contribution in [1.29, 1.82) is 0 Å². The number of amides is 1. The third kappa shape index (κ3) is 5.75. The van der Waals surface area contributed by atoms with Gasteiger partial charge in [0.05, 0.1) is 39.1 Å². The molecule has 1 aliphatic carbocycles. The van der Waals surface area contributed by atoms with Crippen LogP contribution in [0.4, 0.5) is 10.7 Å². The average Bonchev–Trinajstić information content (AvgIpc) is 3.45. The van der Waals surface area contributed by atoms with E-state index in [9.17, 15) is 24.5 Å². The number of rotatable bonds is 8. The zero-order valence-corrected chi connectivity index (χ0v) is 23.6. The maximum absolute atomic E-state index is 13.4. The largest absolute Gasteiger partial charge is 0.462 e. The minimum absolute atomic E-state index is 0.0455. The maximum atomic E-state index is 13.4. The van der Waals surface area contributed by atoms with E-state index >= 15 is 0 Å². The van der Waals surface area contributed by atoms with Crippen LogP contribution >= 0.6 is 34.9 Å². The lowest BCUT2D eigenvalue weighted by molar-refractivity contribution is -0.384. The first-order valence-electron chi connectivity index (χ1n) is 12.6. The van der Waals surface area contributed by atoms with E-state index in [-0.39, 0.29) is 29.5 Å². The molecule has 0 spiro atoms. The number of hydrogen-bond acceptors (Lipinski definition) is 10. The Labute approximate surface area is 236 Å². The summed E-state index contributed by atoms with van der Waals surface area (Å²) in [5.74, 6) is -0.0616. The first kappa shape index (κ1) is 27.4. The summed E-state index contributed by atoms with van der Waals surface area (Å²) in [4.78, 5) is 56.2. The molecule has 204 valence electrons. The van der Waals surface area contributed by atoms with Crippen molar-refractivity contribution in [2.75, 3.05) is 23.4 Å². The Morgan fingerprint density at radius 3 is 2.69 bits per heavy atom. The fourth-order valence-corrected chi connectivity index (χ4v) is 7.83. The van der Waals surface area contributed by atoms with Crippen molar-refractivity contribution < 1.29 is 19.2 Å². The molecule has 0 bridgehead atoms. The van der Waals surface area contributed by atoms with Crippen LogP contribution in [0.15, 0.2) is 39.1 Å². The molecule has 1 aromatic carbocycles. The topological polar surface area (TPSA) is 133 Å². The fraction of sp³-hybridized carbons (Fsp3) is 0.385. The second-order valence-corrected chi connectivity index (χ2v) is 12.2. The number of nitrogens with one attached hydrogen (secondary N) is 1. The van der Waals surface area contributed by atoms with Crippen molar-refractivity contribution in [2.24, 2.45) is 0 Å². The van der Waals surface area contributed by atoms with Gasteiger partial charge in [-0.2, -0.15) is 0 Å². The van der Waals surface area contributed by atoms with E-state index in [0.29, 0.717) is 38.4 Å². The van der Waals surface area contributed by atoms with Gasteiger partial charge in [-0.15, -0.1) is 23.1 Å². The summed E-state index contributed by atoms with van der Waals surface area (Å²) in [5, 5.41) is 14.8. The monoisotopic (exact) mass is 586 g/mol. The lowest BCUT2D eigenvalue weighted by Gasteiger charge is -2.14. The molecule has 3 aromatic rings. The van der Waals surface area contributed by atoms with E-state index in [1.807, 2.05) is 0 Å². The molecule has 0 atom stereocenters. The van der Waals surface area contributed by atoms with Gasteiger partial charge in [-0.1, -0.05) is 18.2 Å². The number of nitro groups is 1. The summed E-state index contributed by atoms with van der Waals surface area (Å²) in [5.41, 5.74) is 2.21. The van der Waals surface area contributed by atoms with Gasteiger partial charge >= 0.3 is 5.97 Å². The molecule has 0 saturated heterocycles. The van der Waals surface area contributed by atoms with Gasteiger partial charge < -0.3 is 10.1 Å². The number of nitrogens with zero attached hydrogens (tertiary/aromatic N) is 3. The highest BCUT2D eigenvalue weighted by molar-refractivity contribution is 8.00. The molecule has 0 saturated carbocycles. The first-order valence-corrected chi connectivity index (χ1v) is 15.4. The summed E-state index contributed by atoms with van der Waals surface area (Å²) in [7, 11) is 0. The lowest BCUT2D eigenvalue weighted by Crippen LogP contribution is -2.24. The predicted molar refractivity (Wildman–Crippen MR) is 152 cm³/mol. The zero-order valence-electron chi connectivity index (χ0n) is 21.2. The van der Waals surface area contributed by atoms with E-state index < -0.39 is 10.9 Å². The number of hydrogen-bond donors (Lipinski definition) is 1. The summed E-state index contributed by atoms with van der Waals surface area (Å²) in [6.45, 7) is 2.00. The third-order valence-corrected chi connectivity index (χ3v) is 9.72. The van der Waals surface area contributed by atoms with Crippen LogP contribution < -0.4 is 10.9 Å². The highest BCUT2D eigenvalue weighted by Gasteiger charge is 2.27. The van der Waals surface area contributed by atoms with Gasteiger partial charge in [0.25, 0.3) is 11.2 Å². The molecule has 1 aliphatic heterocycles. The number of anilines is 1. The van der Waals surface area contributed by atoms with E-state index in [2.05, 4.69) is 10.3 Å². The van der Waals surface area contributed by atoms with Crippen LogP contribution in [-0.2, 0) is 28.8 Å². The van der Waals surface area contributed by atoms with Gasteiger partial charge in [-0.3, -0.25) is 24.3 Å². The van der Waals surface area contributed by atoms with Gasteiger partial charge in [0.2, 0.25) is 5.91 Å². The van der Waals surface area contributed by atoms with Crippen LogP contribution in [0.3, 0.4) is 0 Å². The zero-order chi connectivity index (χ0) is 27.5. The number of thiophene rings is 1. The molecule has 3 heterocycles. The normalized spacial score (nSPS) is 14.3. The Kier molecular flexibility index (Phi) is 8.38. The quantitative estimate of drug-likeness (QED) is 0.0964. The average molecular weight is 587 g/mol. The summed E-state index contributed by atoms with van der Waals surface area (Å²) < 4.78 is 6.71. The number of esters is 1. The highest BCUT2D eigenvalue weighted by Crippen LogP contribution is 2.38. The van der Waals surface area contributed by atoms with Crippen LogP contribution in [0, 0.1) is 10.1 Å². The number of ether oxygens (including phenoxy) is 1. The predicted octanol–water partition coefficient (Wildman–Crippen LogP) is 5.03. The Bertz CT molecular complexity index is 1500. The number of thioether (sulfide) groups is 2. The van der Waals surface area contributed by atoms with Crippen molar-refractivity contribution in [1.82, 2.24) is 9.55 Å². The van der Waals surface area contributed by atoms with Gasteiger partial charge in [0.1, 0.15) is 5.00 Å². The summed E-state index contributed by atoms with van der Waals surface area (Å²) >= 11 is 3.97. The van der Waals surface area contributed by atoms with Crippen LogP contribution in [0.2, 0.25) is 0 Å². The number of carbonyl (C=O) groups excluding carboxylic acids is 2. The third-order valence-electron chi connectivity index (χ3n) is 6.47. The van der Waals surface area contributed by atoms with Crippen molar-refractivity contribution >= 4 is 57.4 Å². The van der Waals surface area contributed by atoms with Crippen molar-refractivity contribution in [3.63, 3.8) is 0 Å². The summed E-state index contributed by atoms with van der Waals surface area (Å²) in [6, 6.07) is 5.67. The van der Waals surface area contributed by atoms with E-state index in [1.165, 1.54) is 51.9 Å². The van der Waals surface area contributed by atoms with E-state index in [1.54, 1.807) is 6.92 Å². The number of fused-ring (bicyclic) bond motifs is 2. The standard InChI is InChI=1S/C26H26N4O6S3/c1-2-36-25(33)21-17-6-4-3-5-7-19(17)39-23(21)28-20(31)14-38-26-27-18-12-13-37-22(18)24(32)29(26)15-8-10-16(11-9-15)30(34)35/h8-11H,2-7,12-14H2,1H3,(H,28,31). The van der Waals surface area contributed by atoms with Crippen molar-refractivity contribution in [3.8, 4) is 5.69 Å². The number of non-ortho nitro benzene ring substituents is 1. The Balaban J connectivity index is 1.41. The van der Waals surface area contributed by atoms with Crippen LogP contribution in [0.25, 0.3) is 5.69 Å². The van der Waals surface area contributed by atoms with Crippen LogP contribution in [-0.4, -0.2) is 44.5 Å². The molecule has 1 amide bonds. The Hall–Kier alpha value is -3.16.